The Bertz CT molecular complexity index is 555. The lowest BCUT2D eigenvalue weighted by Crippen LogP contribution is -1.99. The van der Waals surface area contributed by atoms with E-state index >= 15 is 0 Å². The summed E-state index contributed by atoms with van der Waals surface area (Å²) in [6.07, 6.45) is 1.41. The van der Waals surface area contributed by atoms with Crippen LogP contribution in [0.4, 0.5) is 15.9 Å². The first kappa shape index (κ1) is 11.9. The number of aromatic nitrogens is 1. The van der Waals surface area contributed by atoms with E-state index in [0.29, 0.717) is 0 Å². The number of aryl methyl sites for hydroxylation is 1. The van der Waals surface area contributed by atoms with Crippen LogP contribution < -0.4 is 5.32 Å². The third-order valence-corrected chi connectivity index (χ3v) is 2.87. The van der Waals surface area contributed by atoms with Gasteiger partial charge in [0.15, 0.2) is 11.6 Å². The van der Waals surface area contributed by atoms with Crippen LogP contribution in [0.1, 0.15) is 11.1 Å². The van der Waals surface area contributed by atoms with Gasteiger partial charge in [0.2, 0.25) is 0 Å². The third kappa shape index (κ3) is 2.56. The SMILES string of the molecule is Cc1cccc(Nc2ncc(Cl)cc2F)c1C. The summed E-state index contributed by atoms with van der Waals surface area (Å²) in [5.41, 5.74) is 3.06. The molecule has 1 heterocycles. The molecule has 2 rings (SSSR count). The van der Waals surface area contributed by atoms with Gasteiger partial charge < -0.3 is 5.32 Å². The average Bonchev–Trinajstić information content (AvgIpc) is 2.28. The lowest BCUT2D eigenvalue weighted by Gasteiger charge is -2.11. The molecule has 0 saturated carbocycles. The van der Waals surface area contributed by atoms with E-state index in [0.717, 1.165) is 16.8 Å². The molecule has 0 bridgehead atoms. The molecular formula is C13H12ClFN2. The normalized spacial score (nSPS) is 10.4. The third-order valence-electron chi connectivity index (χ3n) is 2.67. The van der Waals surface area contributed by atoms with E-state index in [-0.39, 0.29) is 10.8 Å². The average molecular weight is 251 g/mol. The second-order valence-corrected chi connectivity index (χ2v) is 4.29. The highest BCUT2D eigenvalue weighted by Crippen LogP contribution is 2.24. The van der Waals surface area contributed by atoms with E-state index < -0.39 is 5.82 Å². The minimum absolute atomic E-state index is 0.183. The second kappa shape index (κ2) is 4.72. The maximum absolute atomic E-state index is 13.6. The van der Waals surface area contributed by atoms with Crippen molar-refractivity contribution in [2.75, 3.05) is 5.32 Å². The fourth-order valence-corrected chi connectivity index (χ4v) is 1.67. The molecule has 0 aliphatic heterocycles. The van der Waals surface area contributed by atoms with E-state index in [1.807, 2.05) is 32.0 Å². The molecule has 17 heavy (non-hydrogen) atoms. The number of nitrogens with zero attached hydrogens (tertiary/aromatic N) is 1. The largest absolute Gasteiger partial charge is 0.338 e. The standard InChI is InChI=1S/C13H12ClFN2/c1-8-4-3-5-12(9(8)2)17-13-11(15)6-10(14)7-16-13/h3-7H,1-2H3,(H,16,17). The van der Waals surface area contributed by atoms with Crippen LogP contribution in [0.5, 0.6) is 0 Å². The Hall–Kier alpha value is -1.61. The highest BCUT2D eigenvalue weighted by Gasteiger charge is 2.07. The zero-order valence-electron chi connectivity index (χ0n) is 9.59. The molecule has 2 aromatic rings. The summed E-state index contributed by atoms with van der Waals surface area (Å²) in [4.78, 5) is 3.93. The van der Waals surface area contributed by atoms with E-state index in [1.165, 1.54) is 12.3 Å². The summed E-state index contributed by atoms with van der Waals surface area (Å²) in [7, 11) is 0. The van der Waals surface area contributed by atoms with Crippen molar-refractivity contribution in [3.63, 3.8) is 0 Å². The summed E-state index contributed by atoms with van der Waals surface area (Å²) >= 11 is 5.65. The van der Waals surface area contributed by atoms with Crippen LogP contribution in [-0.2, 0) is 0 Å². The highest BCUT2D eigenvalue weighted by atomic mass is 35.5. The predicted molar refractivity (Wildman–Crippen MR) is 68.4 cm³/mol. The maximum atomic E-state index is 13.6. The Labute approximate surface area is 104 Å². The molecule has 0 saturated heterocycles. The Morgan fingerprint density at radius 2 is 2.06 bits per heavy atom. The highest BCUT2D eigenvalue weighted by molar-refractivity contribution is 6.30. The van der Waals surface area contributed by atoms with Crippen molar-refractivity contribution in [3.05, 3.63) is 52.4 Å². The number of rotatable bonds is 2. The molecule has 0 unspecified atom stereocenters. The van der Waals surface area contributed by atoms with Crippen molar-refractivity contribution < 1.29 is 4.39 Å². The fraction of sp³-hybridized carbons (Fsp3) is 0.154. The summed E-state index contributed by atoms with van der Waals surface area (Å²) in [5.74, 6) is -0.276. The number of anilines is 2. The zero-order chi connectivity index (χ0) is 12.4. The Morgan fingerprint density at radius 3 is 2.76 bits per heavy atom. The van der Waals surface area contributed by atoms with Gasteiger partial charge in [0.05, 0.1) is 5.02 Å². The van der Waals surface area contributed by atoms with E-state index in [1.54, 1.807) is 0 Å². The number of pyridine rings is 1. The van der Waals surface area contributed by atoms with Crippen molar-refractivity contribution >= 4 is 23.1 Å². The van der Waals surface area contributed by atoms with Gasteiger partial charge >= 0.3 is 0 Å². The van der Waals surface area contributed by atoms with Gasteiger partial charge in [-0.25, -0.2) is 9.37 Å². The molecule has 1 aromatic heterocycles. The minimum atomic E-state index is -0.460. The summed E-state index contributed by atoms with van der Waals surface area (Å²) in [5, 5.41) is 3.25. The molecule has 0 aliphatic carbocycles. The minimum Gasteiger partial charge on any atom is -0.338 e. The van der Waals surface area contributed by atoms with Gasteiger partial charge in [-0.2, -0.15) is 0 Å². The van der Waals surface area contributed by atoms with Crippen LogP contribution in [-0.4, -0.2) is 4.98 Å². The first-order valence-corrected chi connectivity index (χ1v) is 5.60. The van der Waals surface area contributed by atoms with E-state index in [2.05, 4.69) is 10.3 Å². The van der Waals surface area contributed by atoms with Gasteiger partial charge in [-0.15, -0.1) is 0 Å². The lowest BCUT2D eigenvalue weighted by molar-refractivity contribution is 0.626. The maximum Gasteiger partial charge on any atom is 0.167 e. The Balaban J connectivity index is 2.35. The molecule has 0 radical (unpaired) electrons. The van der Waals surface area contributed by atoms with Crippen LogP contribution >= 0.6 is 11.6 Å². The molecule has 88 valence electrons. The molecule has 1 N–H and O–H groups in total. The zero-order valence-corrected chi connectivity index (χ0v) is 10.3. The van der Waals surface area contributed by atoms with Gasteiger partial charge in [-0.3, -0.25) is 0 Å². The summed E-state index contributed by atoms with van der Waals surface area (Å²) < 4.78 is 13.6. The number of hydrogen-bond donors (Lipinski definition) is 1. The van der Waals surface area contributed by atoms with Crippen LogP contribution in [0.25, 0.3) is 0 Å². The molecule has 1 aromatic carbocycles. The molecule has 4 heteroatoms. The monoisotopic (exact) mass is 250 g/mol. The number of nitrogens with one attached hydrogen (secondary N) is 1. The second-order valence-electron chi connectivity index (χ2n) is 3.86. The molecule has 0 amide bonds. The quantitative estimate of drug-likeness (QED) is 0.863. The van der Waals surface area contributed by atoms with Gasteiger partial charge in [0, 0.05) is 11.9 Å². The summed E-state index contributed by atoms with van der Waals surface area (Å²) in [6.45, 7) is 3.98. The van der Waals surface area contributed by atoms with Crippen LogP contribution in [0.3, 0.4) is 0 Å². The molecule has 0 spiro atoms. The lowest BCUT2D eigenvalue weighted by atomic mass is 10.1. The van der Waals surface area contributed by atoms with Gasteiger partial charge in [-0.05, 0) is 37.1 Å². The first-order chi connectivity index (χ1) is 8.08. The summed E-state index contributed by atoms with van der Waals surface area (Å²) in [6, 6.07) is 7.05. The van der Waals surface area contributed by atoms with Crippen LogP contribution in [0.15, 0.2) is 30.5 Å². The van der Waals surface area contributed by atoms with Crippen LogP contribution in [0.2, 0.25) is 5.02 Å². The molecule has 0 atom stereocenters. The smallest absolute Gasteiger partial charge is 0.167 e. The van der Waals surface area contributed by atoms with Crippen molar-refractivity contribution in [1.29, 1.82) is 0 Å². The van der Waals surface area contributed by atoms with Crippen molar-refractivity contribution in [2.45, 2.75) is 13.8 Å². The number of benzene rings is 1. The number of hydrogen-bond acceptors (Lipinski definition) is 2. The molecule has 2 nitrogen and oxygen atoms in total. The van der Waals surface area contributed by atoms with E-state index in [9.17, 15) is 4.39 Å². The Morgan fingerprint density at radius 1 is 1.29 bits per heavy atom. The van der Waals surface area contributed by atoms with Gasteiger partial charge in [0.1, 0.15) is 0 Å². The van der Waals surface area contributed by atoms with Crippen molar-refractivity contribution in [1.82, 2.24) is 4.98 Å². The van der Waals surface area contributed by atoms with E-state index in [4.69, 9.17) is 11.6 Å². The molecule has 0 aliphatic rings. The predicted octanol–water partition coefficient (Wildman–Crippen LogP) is 4.23. The van der Waals surface area contributed by atoms with Gasteiger partial charge in [0.25, 0.3) is 0 Å². The topological polar surface area (TPSA) is 24.9 Å². The number of halogens is 2. The first-order valence-electron chi connectivity index (χ1n) is 5.22. The van der Waals surface area contributed by atoms with Crippen molar-refractivity contribution in [2.24, 2.45) is 0 Å². The van der Waals surface area contributed by atoms with Gasteiger partial charge in [-0.1, -0.05) is 23.7 Å². The van der Waals surface area contributed by atoms with Crippen molar-refractivity contribution in [3.8, 4) is 0 Å². The Kier molecular flexibility index (Phi) is 3.29. The van der Waals surface area contributed by atoms with Crippen LogP contribution in [0, 0.1) is 19.7 Å². The fourth-order valence-electron chi connectivity index (χ4n) is 1.52. The molecule has 0 fully saturated rings. The molecular weight excluding hydrogens is 239 g/mol.